The number of methoxy groups -OCH3 is 1. The fraction of sp³-hybridized carbons (Fsp3) is 0.167. The molecular formula is C12H11ClFN3O. The lowest BCUT2D eigenvalue weighted by atomic mass is 10.2. The third kappa shape index (κ3) is 2.68. The Morgan fingerprint density at radius 3 is 2.89 bits per heavy atom. The van der Waals surface area contributed by atoms with Gasteiger partial charge >= 0.3 is 0 Å². The van der Waals surface area contributed by atoms with Crippen LogP contribution in [-0.4, -0.2) is 17.1 Å². The van der Waals surface area contributed by atoms with E-state index in [1.165, 1.54) is 13.2 Å². The van der Waals surface area contributed by atoms with Crippen molar-refractivity contribution >= 4 is 23.1 Å². The highest BCUT2D eigenvalue weighted by atomic mass is 35.5. The SMILES string of the molecule is COc1cc(Nc2nc(Cl)ncc2C)ccc1F. The fourth-order valence-corrected chi connectivity index (χ4v) is 1.55. The Morgan fingerprint density at radius 1 is 1.39 bits per heavy atom. The van der Waals surface area contributed by atoms with Crippen molar-refractivity contribution < 1.29 is 9.13 Å². The summed E-state index contributed by atoms with van der Waals surface area (Å²) in [7, 11) is 1.41. The first-order valence-electron chi connectivity index (χ1n) is 5.20. The van der Waals surface area contributed by atoms with Gasteiger partial charge in [0.1, 0.15) is 5.82 Å². The number of hydrogen-bond acceptors (Lipinski definition) is 4. The van der Waals surface area contributed by atoms with Crippen LogP contribution in [0.15, 0.2) is 24.4 Å². The Morgan fingerprint density at radius 2 is 2.17 bits per heavy atom. The van der Waals surface area contributed by atoms with Gasteiger partial charge in [-0.2, -0.15) is 0 Å². The third-order valence-corrected chi connectivity index (χ3v) is 2.54. The van der Waals surface area contributed by atoms with Gasteiger partial charge < -0.3 is 10.1 Å². The van der Waals surface area contributed by atoms with Crippen molar-refractivity contribution in [2.75, 3.05) is 12.4 Å². The number of halogens is 2. The summed E-state index contributed by atoms with van der Waals surface area (Å²) >= 11 is 5.72. The Kier molecular flexibility index (Phi) is 3.62. The molecule has 0 aliphatic carbocycles. The summed E-state index contributed by atoms with van der Waals surface area (Å²) in [5.41, 5.74) is 1.49. The molecule has 0 radical (unpaired) electrons. The third-order valence-electron chi connectivity index (χ3n) is 2.36. The second-order valence-electron chi connectivity index (χ2n) is 3.64. The molecule has 4 nitrogen and oxygen atoms in total. The number of nitrogens with zero attached hydrogens (tertiary/aromatic N) is 2. The lowest BCUT2D eigenvalue weighted by Crippen LogP contribution is -1.99. The molecular weight excluding hydrogens is 257 g/mol. The van der Waals surface area contributed by atoms with Crippen LogP contribution in [-0.2, 0) is 0 Å². The smallest absolute Gasteiger partial charge is 0.224 e. The minimum absolute atomic E-state index is 0.150. The van der Waals surface area contributed by atoms with Crippen LogP contribution in [0, 0.1) is 12.7 Å². The van der Waals surface area contributed by atoms with Crippen molar-refractivity contribution in [2.24, 2.45) is 0 Å². The Balaban J connectivity index is 2.31. The zero-order valence-electron chi connectivity index (χ0n) is 9.87. The standard InChI is InChI=1S/C12H11ClFN3O/c1-7-6-15-12(13)17-11(7)16-8-3-4-9(14)10(5-8)18-2/h3-6H,1-2H3,(H,15,16,17). The highest BCUT2D eigenvalue weighted by Gasteiger charge is 2.06. The van der Waals surface area contributed by atoms with E-state index >= 15 is 0 Å². The number of hydrogen-bond donors (Lipinski definition) is 1. The second-order valence-corrected chi connectivity index (χ2v) is 3.98. The summed E-state index contributed by atoms with van der Waals surface area (Å²) in [6.45, 7) is 1.85. The lowest BCUT2D eigenvalue weighted by molar-refractivity contribution is 0.387. The van der Waals surface area contributed by atoms with Gasteiger partial charge in [-0.05, 0) is 30.7 Å². The largest absolute Gasteiger partial charge is 0.494 e. The van der Waals surface area contributed by atoms with E-state index < -0.39 is 5.82 Å². The minimum atomic E-state index is -0.416. The molecule has 0 fully saturated rings. The monoisotopic (exact) mass is 267 g/mol. The molecule has 0 amide bonds. The van der Waals surface area contributed by atoms with Crippen molar-refractivity contribution in [2.45, 2.75) is 6.92 Å². The van der Waals surface area contributed by atoms with E-state index in [-0.39, 0.29) is 11.0 Å². The molecule has 1 N–H and O–H groups in total. The van der Waals surface area contributed by atoms with E-state index in [4.69, 9.17) is 16.3 Å². The van der Waals surface area contributed by atoms with E-state index in [0.29, 0.717) is 11.5 Å². The molecule has 2 rings (SSSR count). The molecule has 1 heterocycles. The van der Waals surface area contributed by atoms with Gasteiger partial charge in [0.05, 0.1) is 7.11 Å². The van der Waals surface area contributed by atoms with Gasteiger partial charge in [0, 0.05) is 23.5 Å². The minimum Gasteiger partial charge on any atom is -0.494 e. The van der Waals surface area contributed by atoms with Gasteiger partial charge in [-0.15, -0.1) is 0 Å². The number of rotatable bonds is 3. The second kappa shape index (κ2) is 5.18. The van der Waals surface area contributed by atoms with Crippen molar-refractivity contribution in [1.29, 1.82) is 0 Å². The van der Waals surface area contributed by atoms with E-state index in [1.807, 2.05) is 6.92 Å². The summed E-state index contributed by atoms with van der Waals surface area (Å²) < 4.78 is 18.2. The quantitative estimate of drug-likeness (QED) is 0.867. The van der Waals surface area contributed by atoms with Crippen LogP contribution < -0.4 is 10.1 Å². The summed E-state index contributed by atoms with van der Waals surface area (Å²) in [6, 6.07) is 4.46. The molecule has 1 aromatic carbocycles. The molecule has 2 aromatic rings. The van der Waals surface area contributed by atoms with Crippen LogP contribution in [0.4, 0.5) is 15.9 Å². The molecule has 0 bridgehead atoms. The summed E-state index contributed by atoms with van der Waals surface area (Å²) in [4.78, 5) is 7.91. The molecule has 0 spiro atoms. The van der Waals surface area contributed by atoms with Crippen LogP contribution >= 0.6 is 11.6 Å². The number of aryl methyl sites for hydroxylation is 1. The van der Waals surface area contributed by atoms with Crippen molar-refractivity contribution in [3.05, 3.63) is 41.1 Å². The lowest BCUT2D eigenvalue weighted by Gasteiger charge is -2.10. The van der Waals surface area contributed by atoms with Crippen LogP contribution in [0.1, 0.15) is 5.56 Å². The van der Waals surface area contributed by atoms with Crippen LogP contribution in [0.3, 0.4) is 0 Å². The number of anilines is 2. The van der Waals surface area contributed by atoms with Gasteiger partial charge in [0.25, 0.3) is 0 Å². The molecule has 6 heteroatoms. The molecule has 18 heavy (non-hydrogen) atoms. The first-order chi connectivity index (χ1) is 8.60. The van der Waals surface area contributed by atoms with Gasteiger partial charge in [0.2, 0.25) is 5.28 Å². The fourth-order valence-electron chi connectivity index (χ4n) is 1.42. The maximum absolute atomic E-state index is 13.3. The zero-order valence-corrected chi connectivity index (χ0v) is 10.6. The molecule has 0 unspecified atom stereocenters. The Hall–Kier alpha value is -1.88. The average Bonchev–Trinajstić information content (AvgIpc) is 2.36. The molecule has 0 atom stereocenters. The van der Waals surface area contributed by atoms with Gasteiger partial charge in [0.15, 0.2) is 11.6 Å². The topological polar surface area (TPSA) is 47.0 Å². The Bertz CT molecular complexity index is 577. The molecule has 0 saturated heterocycles. The predicted octanol–water partition coefficient (Wildman–Crippen LogP) is 3.33. The van der Waals surface area contributed by atoms with E-state index in [9.17, 15) is 4.39 Å². The predicted molar refractivity (Wildman–Crippen MR) is 68.0 cm³/mol. The molecule has 0 saturated carbocycles. The number of aromatic nitrogens is 2. The zero-order chi connectivity index (χ0) is 13.1. The molecule has 0 aliphatic rings. The highest BCUT2D eigenvalue weighted by molar-refractivity contribution is 6.28. The number of ether oxygens (including phenoxy) is 1. The number of nitrogens with one attached hydrogen (secondary N) is 1. The maximum Gasteiger partial charge on any atom is 0.224 e. The van der Waals surface area contributed by atoms with Crippen molar-refractivity contribution in [3.8, 4) is 5.75 Å². The number of benzene rings is 1. The normalized spacial score (nSPS) is 10.2. The van der Waals surface area contributed by atoms with Crippen molar-refractivity contribution in [3.63, 3.8) is 0 Å². The summed E-state index contributed by atoms with van der Waals surface area (Å²) in [5, 5.41) is 3.18. The first kappa shape index (κ1) is 12.6. The van der Waals surface area contributed by atoms with Crippen LogP contribution in [0.2, 0.25) is 5.28 Å². The van der Waals surface area contributed by atoms with E-state index in [2.05, 4.69) is 15.3 Å². The van der Waals surface area contributed by atoms with Gasteiger partial charge in [-0.25, -0.2) is 14.4 Å². The van der Waals surface area contributed by atoms with Gasteiger partial charge in [-0.3, -0.25) is 0 Å². The summed E-state index contributed by atoms with van der Waals surface area (Å²) in [5.74, 6) is 0.321. The molecule has 94 valence electrons. The highest BCUT2D eigenvalue weighted by Crippen LogP contribution is 2.25. The van der Waals surface area contributed by atoms with Crippen molar-refractivity contribution in [1.82, 2.24) is 9.97 Å². The molecule has 0 aliphatic heterocycles. The van der Waals surface area contributed by atoms with E-state index in [0.717, 1.165) is 5.56 Å². The Labute approximate surface area is 109 Å². The average molecular weight is 268 g/mol. The summed E-state index contributed by atoms with van der Waals surface area (Å²) in [6.07, 6.45) is 1.61. The first-order valence-corrected chi connectivity index (χ1v) is 5.57. The maximum atomic E-state index is 13.3. The van der Waals surface area contributed by atoms with Gasteiger partial charge in [-0.1, -0.05) is 0 Å². The van der Waals surface area contributed by atoms with Crippen LogP contribution in [0.25, 0.3) is 0 Å². The van der Waals surface area contributed by atoms with E-state index in [1.54, 1.807) is 18.3 Å². The molecule has 1 aromatic heterocycles. The van der Waals surface area contributed by atoms with Crippen LogP contribution in [0.5, 0.6) is 5.75 Å².